The summed E-state index contributed by atoms with van der Waals surface area (Å²) in [7, 11) is 1.65. The van der Waals surface area contributed by atoms with Gasteiger partial charge in [0.25, 0.3) is 0 Å². The number of unbranched alkanes of at least 4 members (excludes halogenated alkanes) is 1. The molecule has 0 bridgehead atoms. The van der Waals surface area contributed by atoms with Crippen LogP contribution in [0.4, 0.5) is 19.8 Å². The second-order valence-corrected chi connectivity index (χ2v) is 10.1. The highest BCUT2D eigenvalue weighted by Crippen LogP contribution is 2.20. The van der Waals surface area contributed by atoms with Gasteiger partial charge in [-0.3, -0.25) is 10.2 Å². The Kier molecular flexibility index (Phi) is 10.9. The Morgan fingerprint density at radius 3 is 2.73 bits per heavy atom. The third-order valence-electron chi connectivity index (χ3n) is 6.96. The lowest BCUT2D eigenvalue weighted by atomic mass is 10.1. The number of halogens is 2. The van der Waals surface area contributed by atoms with E-state index in [0.29, 0.717) is 17.8 Å². The number of benzene rings is 2. The summed E-state index contributed by atoms with van der Waals surface area (Å²) in [6.07, 6.45) is 3.45. The van der Waals surface area contributed by atoms with Gasteiger partial charge in [0.05, 0.1) is 24.3 Å². The Morgan fingerprint density at radius 2 is 1.93 bits per heavy atom. The number of fused-ring (bicyclic) bond motifs is 1. The van der Waals surface area contributed by atoms with Crippen molar-refractivity contribution in [3.63, 3.8) is 0 Å². The van der Waals surface area contributed by atoms with Crippen LogP contribution in [0, 0.1) is 5.82 Å². The number of likely N-dealkylation sites (N-methyl/N-ethyl adjacent to an activating group) is 1. The molecular formula is C29H35ClFN5O4. The predicted octanol–water partition coefficient (Wildman–Crippen LogP) is 5.29. The highest BCUT2D eigenvalue weighted by Gasteiger charge is 2.22. The number of urea groups is 1. The first-order chi connectivity index (χ1) is 19.4. The molecule has 2 N–H and O–H groups in total. The number of nitrogens with one attached hydrogen (secondary N) is 2. The molecule has 1 aromatic heterocycles. The predicted molar refractivity (Wildman–Crippen MR) is 153 cm³/mol. The van der Waals surface area contributed by atoms with E-state index in [1.54, 1.807) is 31.4 Å². The van der Waals surface area contributed by atoms with Crippen molar-refractivity contribution in [2.75, 3.05) is 51.8 Å². The van der Waals surface area contributed by atoms with Crippen molar-refractivity contribution in [1.82, 2.24) is 20.1 Å². The van der Waals surface area contributed by atoms with Gasteiger partial charge in [-0.15, -0.1) is 0 Å². The van der Waals surface area contributed by atoms with Gasteiger partial charge in [0, 0.05) is 38.3 Å². The maximum absolute atomic E-state index is 13.8. The quantitative estimate of drug-likeness (QED) is 0.304. The van der Waals surface area contributed by atoms with Crippen molar-refractivity contribution in [3.05, 3.63) is 71.1 Å². The molecule has 1 aliphatic rings. The summed E-state index contributed by atoms with van der Waals surface area (Å²) in [5.41, 5.74) is 0.476. The van der Waals surface area contributed by atoms with Crippen LogP contribution in [-0.2, 0) is 16.0 Å². The number of pyridine rings is 1. The molecule has 1 saturated heterocycles. The van der Waals surface area contributed by atoms with E-state index < -0.39 is 11.9 Å². The van der Waals surface area contributed by atoms with Gasteiger partial charge in [-0.05, 0) is 48.9 Å². The Bertz CT molecular complexity index is 1290. The third kappa shape index (κ3) is 8.51. The minimum absolute atomic E-state index is 0.00160. The van der Waals surface area contributed by atoms with Gasteiger partial charge in [-0.1, -0.05) is 48.0 Å². The van der Waals surface area contributed by atoms with Crippen LogP contribution in [0.15, 0.2) is 54.7 Å². The largest absolute Gasteiger partial charge is 0.447 e. The van der Waals surface area contributed by atoms with Gasteiger partial charge >= 0.3 is 12.1 Å². The monoisotopic (exact) mass is 571 g/mol. The molecular weight excluding hydrogens is 537 g/mol. The number of amides is 3. The van der Waals surface area contributed by atoms with Gasteiger partial charge in [0.15, 0.2) is 0 Å². The lowest BCUT2D eigenvalue weighted by Crippen LogP contribution is -2.46. The van der Waals surface area contributed by atoms with Crippen LogP contribution in [0.5, 0.6) is 0 Å². The fourth-order valence-corrected chi connectivity index (χ4v) is 4.73. The standard InChI is InChI=1S/C29H35ClFN5O4/c1-35(28(37)33-19-23-9-6-11-25(31)27(23)30)24(10-4-5-12-36-13-15-39-16-14-36)20-40-29(38)34-26-17-21-7-2-3-8-22(21)18-32-26/h2-3,6-9,11,17-18,24H,4-5,10,12-16,19-20H2,1H3,(H,33,37)(H,32,34,38)/t24-/m0/s1. The molecule has 3 amide bonds. The maximum atomic E-state index is 13.8. The molecule has 2 heterocycles. The number of hydrogen-bond acceptors (Lipinski definition) is 6. The van der Waals surface area contributed by atoms with Crippen LogP contribution < -0.4 is 10.6 Å². The molecule has 9 nitrogen and oxygen atoms in total. The molecule has 0 spiro atoms. The molecule has 0 saturated carbocycles. The van der Waals surface area contributed by atoms with Crippen molar-refractivity contribution in [2.45, 2.75) is 31.8 Å². The van der Waals surface area contributed by atoms with Gasteiger partial charge in [0.2, 0.25) is 0 Å². The van der Waals surface area contributed by atoms with Gasteiger partial charge in [0.1, 0.15) is 18.2 Å². The highest BCUT2D eigenvalue weighted by molar-refractivity contribution is 6.31. The summed E-state index contributed by atoms with van der Waals surface area (Å²) in [6, 6.07) is 13.2. The second-order valence-electron chi connectivity index (χ2n) is 9.73. The summed E-state index contributed by atoms with van der Waals surface area (Å²) in [5.74, 6) is -0.163. The number of anilines is 1. The van der Waals surface area contributed by atoms with E-state index in [-0.39, 0.29) is 30.2 Å². The van der Waals surface area contributed by atoms with Gasteiger partial charge in [-0.25, -0.2) is 19.0 Å². The molecule has 1 aliphatic heterocycles. The van der Waals surface area contributed by atoms with E-state index in [2.05, 4.69) is 20.5 Å². The van der Waals surface area contributed by atoms with Crippen LogP contribution in [0.25, 0.3) is 10.8 Å². The van der Waals surface area contributed by atoms with Gasteiger partial charge < -0.3 is 19.7 Å². The van der Waals surface area contributed by atoms with Crippen molar-refractivity contribution >= 4 is 40.3 Å². The summed E-state index contributed by atoms with van der Waals surface area (Å²) < 4.78 is 24.7. The molecule has 0 aliphatic carbocycles. The zero-order valence-corrected chi connectivity index (χ0v) is 23.3. The fraction of sp³-hybridized carbons (Fsp3) is 0.414. The number of nitrogens with zero attached hydrogens (tertiary/aromatic N) is 3. The summed E-state index contributed by atoms with van der Waals surface area (Å²) in [5, 5.41) is 7.34. The van der Waals surface area contributed by atoms with Crippen molar-refractivity contribution < 1.29 is 23.5 Å². The van der Waals surface area contributed by atoms with Crippen molar-refractivity contribution in [3.8, 4) is 0 Å². The van der Waals surface area contributed by atoms with E-state index in [1.807, 2.05) is 24.3 Å². The zero-order valence-electron chi connectivity index (χ0n) is 22.6. The molecule has 0 radical (unpaired) electrons. The van der Waals surface area contributed by atoms with Crippen LogP contribution in [0.1, 0.15) is 24.8 Å². The van der Waals surface area contributed by atoms with Gasteiger partial charge in [-0.2, -0.15) is 0 Å². The summed E-state index contributed by atoms with van der Waals surface area (Å²) in [4.78, 5) is 33.7. The number of carbonyl (C=O) groups is 2. The number of morpholine rings is 1. The first kappa shape index (κ1) is 29.5. The summed E-state index contributed by atoms with van der Waals surface area (Å²) >= 11 is 6.03. The number of hydrogen-bond donors (Lipinski definition) is 2. The average molecular weight is 572 g/mol. The van der Waals surface area contributed by atoms with E-state index in [9.17, 15) is 14.0 Å². The van der Waals surface area contributed by atoms with E-state index in [0.717, 1.165) is 56.5 Å². The third-order valence-corrected chi connectivity index (χ3v) is 7.39. The molecule has 214 valence electrons. The lowest BCUT2D eigenvalue weighted by Gasteiger charge is -2.29. The Balaban J connectivity index is 1.32. The van der Waals surface area contributed by atoms with Crippen LogP contribution in [0.3, 0.4) is 0 Å². The molecule has 3 aromatic rings. The smallest absolute Gasteiger partial charge is 0.412 e. The normalized spacial score (nSPS) is 14.5. The number of aromatic nitrogens is 1. The van der Waals surface area contributed by atoms with E-state index >= 15 is 0 Å². The Hall–Kier alpha value is -3.47. The molecule has 40 heavy (non-hydrogen) atoms. The van der Waals surface area contributed by atoms with Crippen LogP contribution in [-0.4, -0.2) is 79.5 Å². The molecule has 1 atom stereocenters. The average Bonchev–Trinajstić information content (AvgIpc) is 2.97. The zero-order chi connectivity index (χ0) is 28.3. The fourth-order valence-electron chi connectivity index (χ4n) is 4.54. The molecule has 11 heteroatoms. The maximum Gasteiger partial charge on any atom is 0.412 e. The Labute approximate surface area is 238 Å². The van der Waals surface area contributed by atoms with Crippen molar-refractivity contribution in [2.24, 2.45) is 0 Å². The Morgan fingerprint density at radius 1 is 1.15 bits per heavy atom. The highest BCUT2D eigenvalue weighted by atomic mass is 35.5. The minimum Gasteiger partial charge on any atom is -0.447 e. The SMILES string of the molecule is CN(C(=O)NCc1cccc(F)c1Cl)[C@@H](CCCCN1CCOCC1)COC(=O)Nc1cc2ccccc2cn1. The summed E-state index contributed by atoms with van der Waals surface area (Å²) in [6.45, 7) is 4.34. The van der Waals surface area contributed by atoms with Crippen LogP contribution in [0.2, 0.25) is 5.02 Å². The van der Waals surface area contributed by atoms with E-state index in [4.69, 9.17) is 21.1 Å². The second kappa shape index (κ2) is 14.8. The molecule has 1 fully saturated rings. The number of ether oxygens (including phenoxy) is 2. The first-order valence-corrected chi connectivity index (χ1v) is 13.8. The first-order valence-electron chi connectivity index (χ1n) is 13.4. The van der Waals surface area contributed by atoms with E-state index in [1.165, 1.54) is 11.0 Å². The number of rotatable bonds is 11. The molecule has 2 aromatic carbocycles. The van der Waals surface area contributed by atoms with Crippen molar-refractivity contribution in [1.29, 1.82) is 0 Å². The van der Waals surface area contributed by atoms with Crippen LogP contribution >= 0.6 is 11.6 Å². The lowest BCUT2D eigenvalue weighted by molar-refractivity contribution is 0.0367. The topological polar surface area (TPSA) is 96.0 Å². The minimum atomic E-state index is -0.651. The molecule has 4 rings (SSSR count). The molecule has 0 unspecified atom stereocenters. The number of carbonyl (C=O) groups excluding carboxylic acids is 2.